The smallest absolute Gasteiger partial charge is 0.275 e. The van der Waals surface area contributed by atoms with E-state index in [0.29, 0.717) is 11.6 Å². The minimum absolute atomic E-state index is 0.181. The Kier molecular flexibility index (Phi) is 3.33. The van der Waals surface area contributed by atoms with E-state index in [1.54, 1.807) is 12.1 Å². The third-order valence-electron chi connectivity index (χ3n) is 2.11. The number of carbonyl (C=O) groups excluding carboxylic acids is 1. The first-order chi connectivity index (χ1) is 8.69. The molecule has 2 heterocycles. The van der Waals surface area contributed by atoms with Crippen LogP contribution in [0.4, 0.5) is 11.5 Å². The van der Waals surface area contributed by atoms with Gasteiger partial charge in [0.15, 0.2) is 0 Å². The summed E-state index contributed by atoms with van der Waals surface area (Å²) in [6, 6.07) is 3.32. The van der Waals surface area contributed by atoms with Crippen molar-refractivity contribution in [3.8, 4) is 5.88 Å². The van der Waals surface area contributed by atoms with E-state index in [0.717, 1.165) is 0 Å². The van der Waals surface area contributed by atoms with E-state index in [-0.39, 0.29) is 17.4 Å². The van der Waals surface area contributed by atoms with Crippen LogP contribution in [0.15, 0.2) is 30.7 Å². The Bertz CT molecular complexity index is 538. The molecule has 0 atom stereocenters. The van der Waals surface area contributed by atoms with Crippen LogP contribution in [0, 0.1) is 0 Å². The number of rotatable bonds is 3. The molecular formula is C11H11N5O2. The molecule has 0 unspecified atom stereocenters. The molecule has 0 aromatic carbocycles. The molecule has 0 aliphatic heterocycles. The zero-order valence-corrected chi connectivity index (χ0v) is 9.62. The molecule has 2 aromatic heterocycles. The lowest BCUT2D eigenvalue weighted by Gasteiger charge is -2.04. The number of nitrogens with two attached hydrogens (primary N) is 1. The normalized spacial score (nSPS) is 9.83. The Morgan fingerprint density at radius 3 is 2.61 bits per heavy atom. The summed E-state index contributed by atoms with van der Waals surface area (Å²) in [6.45, 7) is 0. The molecule has 18 heavy (non-hydrogen) atoms. The Morgan fingerprint density at radius 2 is 2.06 bits per heavy atom. The number of nitrogen functional groups attached to an aromatic ring is 1. The molecule has 0 saturated carbocycles. The number of carbonyl (C=O) groups is 1. The van der Waals surface area contributed by atoms with Gasteiger partial charge in [0, 0.05) is 6.07 Å². The molecule has 0 aliphatic carbocycles. The zero-order chi connectivity index (χ0) is 13.0. The van der Waals surface area contributed by atoms with Gasteiger partial charge in [-0.05, 0) is 6.07 Å². The van der Waals surface area contributed by atoms with E-state index >= 15 is 0 Å². The van der Waals surface area contributed by atoms with Gasteiger partial charge in [-0.25, -0.2) is 15.0 Å². The first-order valence-corrected chi connectivity index (χ1v) is 5.08. The Morgan fingerprint density at radius 1 is 1.22 bits per heavy atom. The summed E-state index contributed by atoms with van der Waals surface area (Å²) >= 11 is 0. The van der Waals surface area contributed by atoms with Crippen LogP contribution < -0.4 is 15.8 Å². The third kappa shape index (κ3) is 2.70. The summed E-state index contributed by atoms with van der Waals surface area (Å²) < 4.78 is 4.91. The Hall–Kier alpha value is -2.70. The van der Waals surface area contributed by atoms with E-state index in [1.165, 1.54) is 25.7 Å². The van der Waals surface area contributed by atoms with Gasteiger partial charge < -0.3 is 15.8 Å². The van der Waals surface area contributed by atoms with Crippen LogP contribution in [0.3, 0.4) is 0 Å². The molecule has 2 aromatic rings. The second kappa shape index (κ2) is 5.09. The van der Waals surface area contributed by atoms with Crippen LogP contribution in [0.25, 0.3) is 0 Å². The van der Waals surface area contributed by atoms with Crippen molar-refractivity contribution < 1.29 is 9.53 Å². The van der Waals surface area contributed by atoms with Gasteiger partial charge >= 0.3 is 0 Å². The van der Waals surface area contributed by atoms with Crippen molar-refractivity contribution in [1.82, 2.24) is 15.0 Å². The maximum Gasteiger partial charge on any atom is 0.275 e. The molecule has 0 aliphatic rings. The molecule has 3 N–H and O–H groups in total. The van der Waals surface area contributed by atoms with Gasteiger partial charge in [-0.2, -0.15) is 0 Å². The molecule has 7 nitrogen and oxygen atoms in total. The lowest BCUT2D eigenvalue weighted by atomic mass is 10.3. The highest BCUT2D eigenvalue weighted by Gasteiger charge is 2.08. The predicted octanol–water partition coefficient (Wildman–Crippen LogP) is 0.715. The summed E-state index contributed by atoms with van der Waals surface area (Å²) in [5.74, 6) is 0.354. The minimum Gasteiger partial charge on any atom is -0.481 e. The number of aromatic nitrogens is 3. The SMILES string of the molecule is COc1ccc(NC(=O)c2cnc(N)cn2)cn1. The van der Waals surface area contributed by atoms with Gasteiger partial charge in [0.2, 0.25) is 5.88 Å². The number of ether oxygens (including phenoxy) is 1. The topological polar surface area (TPSA) is 103 Å². The van der Waals surface area contributed by atoms with E-state index in [1.807, 2.05) is 0 Å². The molecular weight excluding hydrogens is 234 g/mol. The fourth-order valence-electron chi connectivity index (χ4n) is 1.23. The fourth-order valence-corrected chi connectivity index (χ4v) is 1.23. The number of amides is 1. The molecule has 0 spiro atoms. The van der Waals surface area contributed by atoms with Crippen molar-refractivity contribution >= 4 is 17.4 Å². The Labute approximate surface area is 103 Å². The summed E-state index contributed by atoms with van der Waals surface area (Å²) in [7, 11) is 1.52. The quantitative estimate of drug-likeness (QED) is 0.825. The predicted molar refractivity (Wildman–Crippen MR) is 65.2 cm³/mol. The molecule has 0 fully saturated rings. The van der Waals surface area contributed by atoms with Crippen molar-refractivity contribution in [1.29, 1.82) is 0 Å². The van der Waals surface area contributed by atoms with Gasteiger partial charge in [-0.3, -0.25) is 4.79 Å². The maximum absolute atomic E-state index is 11.8. The molecule has 0 radical (unpaired) electrons. The lowest BCUT2D eigenvalue weighted by molar-refractivity contribution is 0.102. The molecule has 0 bridgehead atoms. The average molecular weight is 245 g/mol. The van der Waals surface area contributed by atoms with Crippen LogP contribution >= 0.6 is 0 Å². The number of hydrogen-bond donors (Lipinski definition) is 2. The summed E-state index contributed by atoms with van der Waals surface area (Å²) in [4.78, 5) is 23.4. The molecule has 2 rings (SSSR count). The van der Waals surface area contributed by atoms with Crippen molar-refractivity contribution in [3.63, 3.8) is 0 Å². The second-order valence-corrected chi connectivity index (χ2v) is 3.37. The lowest BCUT2D eigenvalue weighted by Crippen LogP contribution is -2.14. The number of hydrogen-bond acceptors (Lipinski definition) is 6. The standard InChI is InChI=1S/C11H11N5O2/c1-18-10-3-2-7(4-15-10)16-11(17)8-5-14-9(12)6-13-8/h2-6H,1H3,(H2,12,14)(H,16,17). The number of methoxy groups -OCH3 is 1. The number of nitrogens with one attached hydrogen (secondary N) is 1. The third-order valence-corrected chi connectivity index (χ3v) is 2.11. The van der Waals surface area contributed by atoms with Crippen LogP contribution in [0.2, 0.25) is 0 Å². The van der Waals surface area contributed by atoms with Crippen LogP contribution in [0.5, 0.6) is 5.88 Å². The Balaban J connectivity index is 2.08. The largest absolute Gasteiger partial charge is 0.481 e. The average Bonchev–Trinajstić information content (AvgIpc) is 2.40. The monoisotopic (exact) mass is 245 g/mol. The van der Waals surface area contributed by atoms with Crippen LogP contribution in [-0.2, 0) is 0 Å². The first kappa shape index (κ1) is 11.8. The molecule has 92 valence electrons. The van der Waals surface area contributed by atoms with E-state index in [2.05, 4.69) is 20.3 Å². The van der Waals surface area contributed by atoms with E-state index in [9.17, 15) is 4.79 Å². The van der Waals surface area contributed by atoms with Crippen molar-refractivity contribution in [2.45, 2.75) is 0 Å². The highest BCUT2D eigenvalue weighted by atomic mass is 16.5. The van der Waals surface area contributed by atoms with Gasteiger partial charge in [0.25, 0.3) is 5.91 Å². The van der Waals surface area contributed by atoms with Crippen molar-refractivity contribution in [3.05, 3.63) is 36.4 Å². The summed E-state index contributed by atoms with van der Waals surface area (Å²) in [5, 5.41) is 2.63. The van der Waals surface area contributed by atoms with Gasteiger partial charge in [-0.15, -0.1) is 0 Å². The van der Waals surface area contributed by atoms with Gasteiger partial charge in [-0.1, -0.05) is 0 Å². The summed E-state index contributed by atoms with van der Waals surface area (Å²) in [5.41, 5.74) is 6.10. The van der Waals surface area contributed by atoms with Gasteiger partial charge in [0.05, 0.1) is 31.4 Å². The highest BCUT2D eigenvalue weighted by Crippen LogP contribution is 2.11. The highest BCUT2D eigenvalue weighted by molar-refractivity contribution is 6.02. The number of pyridine rings is 1. The number of nitrogens with zero attached hydrogens (tertiary/aromatic N) is 3. The minimum atomic E-state index is -0.380. The van der Waals surface area contributed by atoms with Crippen LogP contribution in [0.1, 0.15) is 10.5 Å². The molecule has 1 amide bonds. The van der Waals surface area contributed by atoms with E-state index in [4.69, 9.17) is 10.5 Å². The second-order valence-electron chi connectivity index (χ2n) is 3.37. The van der Waals surface area contributed by atoms with Gasteiger partial charge in [0.1, 0.15) is 11.5 Å². The maximum atomic E-state index is 11.8. The van der Waals surface area contributed by atoms with Crippen molar-refractivity contribution in [2.75, 3.05) is 18.2 Å². The molecule has 7 heteroatoms. The molecule has 0 saturated heterocycles. The number of anilines is 2. The van der Waals surface area contributed by atoms with Crippen molar-refractivity contribution in [2.24, 2.45) is 0 Å². The van der Waals surface area contributed by atoms with E-state index < -0.39 is 0 Å². The zero-order valence-electron chi connectivity index (χ0n) is 9.62. The fraction of sp³-hybridized carbons (Fsp3) is 0.0909. The summed E-state index contributed by atoms with van der Waals surface area (Å²) in [6.07, 6.45) is 4.12. The van der Waals surface area contributed by atoms with Crippen LogP contribution in [-0.4, -0.2) is 28.0 Å². The first-order valence-electron chi connectivity index (χ1n) is 5.08.